The Balaban J connectivity index is 2.67. The Morgan fingerprint density at radius 3 is 2.30 bits per heavy atom. The number of carbonyl (C=O) groups is 1. The quantitative estimate of drug-likeness (QED) is 0.670. The normalized spacial score (nSPS) is 12.9. The van der Waals surface area contributed by atoms with Gasteiger partial charge in [0.1, 0.15) is 0 Å². The first kappa shape index (κ1) is 19.4. The molecule has 0 bridgehead atoms. The second-order valence-electron chi connectivity index (χ2n) is 5.73. The summed E-state index contributed by atoms with van der Waals surface area (Å²) < 4.78 is 31.7. The van der Waals surface area contributed by atoms with E-state index < -0.39 is 10.0 Å². The molecule has 0 saturated heterocycles. The van der Waals surface area contributed by atoms with Crippen LogP contribution in [0.1, 0.15) is 20.8 Å². The number of benzene rings is 1. The third kappa shape index (κ3) is 6.98. The lowest BCUT2D eigenvalue weighted by molar-refractivity contribution is 0.180. The van der Waals surface area contributed by atoms with Gasteiger partial charge in [0, 0.05) is 25.4 Å². The Kier molecular flexibility index (Phi) is 7.47. The van der Waals surface area contributed by atoms with Gasteiger partial charge in [-0.2, -0.15) is 0 Å². The molecular weight excluding hydrogens is 318 g/mol. The molecule has 0 fully saturated rings. The van der Waals surface area contributed by atoms with Crippen LogP contribution in [0.5, 0.6) is 0 Å². The molecule has 0 aliphatic rings. The summed E-state index contributed by atoms with van der Waals surface area (Å²) in [6.45, 7) is 6.57. The Morgan fingerprint density at radius 1 is 1.17 bits per heavy atom. The van der Waals surface area contributed by atoms with Gasteiger partial charge in [-0.15, -0.1) is 0 Å². The maximum Gasteiger partial charge on any atom is 0.319 e. The summed E-state index contributed by atoms with van der Waals surface area (Å²) in [5, 5.41) is 5.37. The number of anilines is 1. The molecular formula is C15H25N3O4S. The van der Waals surface area contributed by atoms with Crippen LogP contribution >= 0.6 is 0 Å². The first-order valence-electron chi connectivity index (χ1n) is 7.40. The monoisotopic (exact) mass is 343 g/mol. The first-order chi connectivity index (χ1) is 10.7. The fraction of sp³-hybridized carbons (Fsp3) is 0.533. The second-order valence-corrected chi connectivity index (χ2v) is 7.44. The zero-order valence-electron chi connectivity index (χ0n) is 13.9. The molecule has 0 heterocycles. The molecule has 0 aliphatic carbocycles. The number of urea groups is 1. The van der Waals surface area contributed by atoms with Crippen LogP contribution in [0.15, 0.2) is 29.2 Å². The molecule has 1 aromatic carbocycles. The number of carbonyl (C=O) groups excluding carboxylic acids is 1. The topological polar surface area (TPSA) is 96.5 Å². The minimum atomic E-state index is -3.61. The minimum absolute atomic E-state index is 0.133. The average molecular weight is 343 g/mol. The highest BCUT2D eigenvalue weighted by Crippen LogP contribution is 2.14. The highest BCUT2D eigenvalue weighted by Gasteiger charge is 2.17. The van der Waals surface area contributed by atoms with Gasteiger partial charge in [-0.3, -0.25) is 0 Å². The molecule has 0 radical (unpaired) electrons. The molecule has 130 valence electrons. The largest absolute Gasteiger partial charge is 0.383 e. The summed E-state index contributed by atoms with van der Waals surface area (Å²) in [5.41, 5.74) is 0.523. The molecule has 3 N–H and O–H groups in total. The highest BCUT2D eigenvalue weighted by atomic mass is 32.2. The van der Waals surface area contributed by atoms with E-state index in [2.05, 4.69) is 15.4 Å². The average Bonchev–Trinajstić information content (AvgIpc) is 2.45. The molecule has 1 atom stereocenters. The third-order valence-electron chi connectivity index (χ3n) is 2.87. The van der Waals surface area contributed by atoms with Gasteiger partial charge in [-0.05, 0) is 37.1 Å². The van der Waals surface area contributed by atoms with Gasteiger partial charge in [-0.25, -0.2) is 17.9 Å². The number of hydrogen-bond donors (Lipinski definition) is 3. The number of hydrogen-bond acceptors (Lipinski definition) is 4. The molecule has 0 aliphatic heterocycles. The maximum atomic E-state index is 12.2. The predicted octanol–water partition coefficient (Wildman–Crippen LogP) is 1.78. The standard InChI is InChI=1S/C15H25N3O4S/c1-11(2)9-16-15(19)17-13-5-7-14(8-6-13)23(20,21)18-12(3)10-22-4/h5-8,11-12,18H,9-10H2,1-4H3,(H2,16,17,19)/t12-/m1/s1. The minimum Gasteiger partial charge on any atom is -0.383 e. The second kappa shape index (κ2) is 8.85. The fourth-order valence-corrected chi connectivity index (χ4v) is 3.03. The van der Waals surface area contributed by atoms with Crippen molar-refractivity contribution in [2.24, 2.45) is 5.92 Å². The van der Waals surface area contributed by atoms with Crippen LogP contribution in [0.4, 0.5) is 10.5 Å². The van der Waals surface area contributed by atoms with Gasteiger partial charge in [0.15, 0.2) is 0 Å². The van der Waals surface area contributed by atoms with Crippen LogP contribution in [0, 0.1) is 5.92 Å². The molecule has 1 rings (SSSR count). The van der Waals surface area contributed by atoms with Crippen LogP contribution in [-0.2, 0) is 14.8 Å². The summed E-state index contributed by atoms with van der Waals surface area (Å²) >= 11 is 0. The SMILES string of the molecule is COC[C@@H](C)NS(=O)(=O)c1ccc(NC(=O)NCC(C)C)cc1. The first-order valence-corrected chi connectivity index (χ1v) is 8.89. The van der Waals surface area contributed by atoms with Crippen molar-refractivity contribution in [3.05, 3.63) is 24.3 Å². The van der Waals surface area contributed by atoms with Crippen molar-refractivity contribution in [3.8, 4) is 0 Å². The number of amides is 2. The van der Waals surface area contributed by atoms with Crippen molar-refractivity contribution in [2.45, 2.75) is 31.7 Å². The summed E-state index contributed by atoms with van der Waals surface area (Å²) in [5.74, 6) is 0.355. The van der Waals surface area contributed by atoms with E-state index in [9.17, 15) is 13.2 Å². The number of ether oxygens (including phenoxy) is 1. The van der Waals surface area contributed by atoms with Gasteiger partial charge in [-0.1, -0.05) is 13.8 Å². The van der Waals surface area contributed by atoms with Crippen molar-refractivity contribution >= 4 is 21.7 Å². The molecule has 2 amide bonds. The van der Waals surface area contributed by atoms with Crippen LogP contribution in [0.2, 0.25) is 0 Å². The van der Waals surface area contributed by atoms with Gasteiger partial charge >= 0.3 is 6.03 Å². The smallest absolute Gasteiger partial charge is 0.319 e. The number of nitrogens with one attached hydrogen (secondary N) is 3. The van der Waals surface area contributed by atoms with Crippen molar-refractivity contribution in [1.82, 2.24) is 10.0 Å². The van der Waals surface area contributed by atoms with Crippen LogP contribution in [0.25, 0.3) is 0 Å². The van der Waals surface area contributed by atoms with E-state index in [-0.39, 0.29) is 23.6 Å². The van der Waals surface area contributed by atoms with Crippen LogP contribution in [0.3, 0.4) is 0 Å². The number of methoxy groups -OCH3 is 1. The zero-order valence-corrected chi connectivity index (χ0v) is 14.7. The lowest BCUT2D eigenvalue weighted by Gasteiger charge is -2.14. The molecule has 7 nitrogen and oxygen atoms in total. The maximum absolute atomic E-state index is 12.2. The van der Waals surface area contributed by atoms with Gasteiger partial charge in [0.2, 0.25) is 10.0 Å². The molecule has 1 aromatic rings. The Bertz CT molecular complexity index is 600. The van der Waals surface area contributed by atoms with E-state index in [1.54, 1.807) is 19.1 Å². The predicted molar refractivity (Wildman–Crippen MR) is 90.0 cm³/mol. The van der Waals surface area contributed by atoms with Gasteiger partial charge in [0.25, 0.3) is 0 Å². The zero-order chi connectivity index (χ0) is 17.5. The van der Waals surface area contributed by atoms with E-state index in [0.29, 0.717) is 18.2 Å². The molecule has 0 spiro atoms. The van der Waals surface area contributed by atoms with Crippen molar-refractivity contribution < 1.29 is 17.9 Å². The molecule has 23 heavy (non-hydrogen) atoms. The van der Waals surface area contributed by atoms with E-state index in [1.807, 2.05) is 13.8 Å². The number of sulfonamides is 1. The third-order valence-corrected chi connectivity index (χ3v) is 4.47. The van der Waals surface area contributed by atoms with Gasteiger partial charge < -0.3 is 15.4 Å². The summed E-state index contributed by atoms with van der Waals surface area (Å²) in [6, 6.07) is 5.33. The highest BCUT2D eigenvalue weighted by molar-refractivity contribution is 7.89. The van der Waals surface area contributed by atoms with Crippen molar-refractivity contribution in [2.75, 3.05) is 25.6 Å². The Hall–Kier alpha value is -1.64. The van der Waals surface area contributed by atoms with Crippen LogP contribution in [-0.4, -0.2) is 40.8 Å². The van der Waals surface area contributed by atoms with Crippen molar-refractivity contribution in [1.29, 1.82) is 0 Å². The Morgan fingerprint density at radius 2 is 1.78 bits per heavy atom. The summed E-state index contributed by atoms with van der Waals surface area (Å²) in [4.78, 5) is 11.8. The lowest BCUT2D eigenvalue weighted by Crippen LogP contribution is -2.35. The summed E-state index contributed by atoms with van der Waals surface area (Å²) in [7, 11) is -2.10. The van der Waals surface area contributed by atoms with Gasteiger partial charge in [0.05, 0.1) is 11.5 Å². The summed E-state index contributed by atoms with van der Waals surface area (Å²) in [6.07, 6.45) is 0. The van der Waals surface area contributed by atoms with E-state index >= 15 is 0 Å². The van der Waals surface area contributed by atoms with Crippen LogP contribution < -0.4 is 15.4 Å². The molecule has 0 saturated carbocycles. The molecule has 8 heteroatoms. The number of rotatable bonds is 8. The fourth-order valence-electron chi connectivity index (χ4n) is 1.81. The van der Waals surface area contributed by atoms with E-state index in [1.165, 1.54) is 19.2 Å². The Labute approximate surface area is 137 Å². The lowest BCUT2D eigenvalue weighted by atomic mass is 10.2. The van der Waals surface area contributed by atoms with Crippen molar-refractivity contribution in [3.63, 3.8) is 0 Å². The van der Waals surface area contributed by atoms with E-state index in [4.69, 9.17) is 4.74 Å². The molecule has 0 unspecified atom stereocenters. The molecule has 0 aromatic heterocycles. The van der Waals surface area contributed by atoms with E-state index in [0.717, 1.165) is 0 Å².